The van der Waals surface area contributed by atoms with Gasteiger partial charge in [0.25, 0.3) is 5.69 Å². The van der Waals surface area contributed by atoms with Gasteiger partial charge in [0.15, 0.2) is 0 Å². The predicted molar refractivity (Wildman–Crippen MR) is 67.5 cm³/mol. The van der Waals surface area contributed by atoms with E-state index in [-0.39, 0.29) is 11.3 Å². The number of carboxylic acids is 1. The van der Waals surface area contributed by atoms with Gasteiger partial charge in [-0.1, -0.05) is 0 Å². The number of β-amino-alcohol motifs (C(OH)–C–C–N with tert-alkyl or cyclic N) is 1. The summed E-state index contributed by atoms with van der Waals surface area (Å²) in [4.78, 5) is 23.1. The SMILES string of the molecule is O=C(O)c1ccc([N+](=O)[O-])cc1N1CCCC(O)C1. The first-order valence-electron chi connectivity index (χ1n) is 5.94. The zero-order valence-electron chi connectivity index (χ0n) is 10.2. The van der Waals surface area contributed by atoms with Crippen LogP contribution in [-0.2, 0) is 0 Å². The van der Waals surface area contributed by atoms with Gasteiger partial charge in [0, 0.05) is 25.2 Å². The van der Waals surface area contributed by atoms with Crippen LogP contribution in [0.25, 0.3) is 0 Å². The van der Waals surface area contributed by atoms with Crippen molar-refractivity contribution in [3.05, 3.63) is 33.9 Å². The number of piperidine rings is 1. The summed E-state index contributed by atoms with van der Waals surface area (Å²) < 4.78 is 0. The normalized spacial score (nSPS) is 19.2. The molecule has 1 saturated heterocycles. The second kappa shape index (κ2) is 5.23. The molecule has 7 heteroatoms. The van der Waals surface area contributed by atoms with E-state index < -0.39 is 17.0 Å². The van der Waals surface area contributed by atoms with Crippen molar-refractivity contribution in [2.24, 2.45) is 0 Å². The molecule has 0 radical (unpaired) electrons. The third-order valence-corrected chi connectivity index (χ3v) is 3.16. The van der Waals surface area contributed by atoms with Crippen LogP contribution in [0.1, 0.15) is 23.2 Å². The monoisotopic (exact) mass is 266 g/mol. The summed E-state index contributed by atoms with van der Waals surface area (Å²) in [5.41, 5.74) is 0.153. The number of aliphatic hydroxyl groups excluding tert-OH is 1. The fraction of sp³-hybridized carbons (Fsp3) is 0.417. The number of benzene rings is 1. The van der Waals surface area contributed by atoms with Crippen molar-refractivity contribution in [2.45, 2.75) is 18.9 Å². The van der Waals surface area contributed by atoms with Gasteiger partial charge in [0.2, 0.25) is 0 Å². The summed E-state index contributed by atoms with van der Waals surface area (Å²) in [6.45, 7) is 0.875. The number of nitrogens with zero attached hydrogens (tertiary/aromatic N) is 2. The first-order valence-corrected chi connectivity index (χ1v) is 5.94. The van der Waals surface area contributed by atoms with E-state index in [1.165, 1.54) is 18.2 Å². The van der Waals surface area contributed by atoms with Crippen LogP contribution in [0.4, 0.5) is 11.4 Å². The molecule has 1 aliphatic rings. The second-order valence-electron chi connectivity index (χ2n) is 4.51. The van der Waals surface area contributed by atoms with E-state index in [2.05, 4.69) is 0 Å². The Balaban J connectivity index is 2.42. The highest BCUT2D eigenvalue weighted by Crippen LogP contribution is 2.28. The lowest BCUT2D eigenvalue weighted by molar-refractivity contribution is -0.384. The van der Waals surface area contributed by atoms with E-state index in [4.69, 9.17) is 5.11 Å². The molecule has 2 rings (SSSR count). The summed E-state index contributed by atoms with van der Waals surface area (Å²) in [6, 6.07) is 3.66. The minimum atomic E-state index is -1.13. The Morgan fingerprint density at radius 2 is 2.21 bits per heavy atom. The van der Waals surface area contributed by atoms with Crippen LogP contribution in [-0.4, -0.2) is 40.3 Å². The number of hydrogen-bond acceptors (Lipinski definition) is 5. The molecule has 0 bridgehead atoms. The zero-order valence-corrected chi connectivity index (χ0v) is 10.2. The van der Waals surface area contributed by atoms with E-state index in [1.54, 1.807) is 4.90 Å². The Bertz CT molecular complexity index is 517. The molecular formula is C12H14N2O5. The van der Waals surface area contributed by atoms with Crippen LogP contribution in [0.5, 0.6) is 0 Å². The predicted octanol–water partition coefficient (Wildman–Crippen LogP) is 1.25. The standard InChI is InChI=1S/C12H14N2O5/c15-9-2-1-5-13(7-9)11-6-8(14(18)19)3-4-10(11)12(16)17/h3-4,6,9,15H,1-2,5,7H2,(H,16,17). The summed E-state index contributed by atoms with van der Waals surface area (Å²) in [6.07, 6.45) is 0.853. The van der Waals surface area contributed by atoms with Crippen molar-refractivity contribution in [1.29, 1.82) is 0 Å². The number of carboxylic acid groups (broad SMARTS) is 1. The van der Waals surface area contributed by atoms with Gasteiger partial charge in [-0.3, -0.25) is 10.1 Å². The maximum Gasteiger partial charge on any atom is 0.337 e. The third kappa shape index (κ3) is 2.82. The molecule has 1 atom stereocenters. The maximum atomic E-state index is 11.2. The fourth-order valence-corrected chi connectivity index (χ4v) is 2.25. The molecule has 1 fully saturated rings. The molecule has 2 N–H and O–H groups in total. The largest absolute Gasteiger partial charge is 0.478 e. The summed E-state index contributed by atoms with van der Waals surface area (Å²) in [5.74, 6) is -1.13. The number of aromatic carboxylic acids is 1. The van der Waals surface area contributed by atoms with Crippen LogP contribution in [0, 0.1) is 10.1 Å². The smallest absolute Gasteiger partial charge is 0.337 e. The van der Waals surface area contributed by atoms with Gasteiger partial charge >= 0.3 is 5.97 Å². The van der Waals surface area contributed by atoms with Crippen molar-refractivity contribution in [2.75, 3.05) is 18.0 Å². The number of carbonyl (C=O) groups is 1. The molecule has 1 aliphatic heterocycles. The second-order valence-corrected chi connectivity index (χ2v) is 4.51. The quantitative estimate of drug-likeness (QED) is 0.630. The van der Waals surface area contributed by atoms with Crippen LogP contribution < -0.4 is 4.90 Å². The summed E-state index contributed by atoms with van der Waals surface area (Å²) in [5, 5.41) is 29.5. The fourth-order valence-electron chi connectivity index (χ4n) is 2.25. The number of non-ortho nitro benzene ring substituents is 1. The Kier molecular flexibility index (Phi) is 3.66. The molecule has 102 valence electrons. The average Bonchev–Trinajstić information content (AvgIpc) is 2.37. The lowest BCUT2D eigenvalue weighted by atomic mass is 10.0. The van der Waals surface area contributed by atoms with E-state index in [0.29, 0.717) is 25.2 Å². The molecule has 1 unspecified atom stereocenters. The van der Waals surface area contributed by atoms with Crippen molar-refractivity contribution < 1.29 is 19.9 Å². The van der Waals surface area contributed by atoms with Gasteiger partial charge in [-0.05, 0) is 18.9 Å². The van der Waals surface area contributed by atoms with Crippen molar-refractivity contribution in [1.82, 2.24) is 0 Å². The molecule has 0 aliphatic carbocycles. The highest BCUT2D eigenvalue weighted by atomic mass is 16.6. The Hall–Kier alpha value is -2.15. The number of nitro benzene ring substituents is 1. The van der Waals surface area contributed by atoms with Gasteiger partial charge in [0.05, 0.1) is 22.3 Å². The minimum absolute atomic E-state index is 0.0136. The highest BCUT2D eigenvalue weighted by molar-refractivity contribution is 5.95. The van der Waals surface area contributed by atoms with Crippen molar-refractivity contribution in [3.8, 4) is 0 Å². The molecule has 1 aromatic rings. The summed E-state index contributed by atoms with van der Waals surface area (Å²) >= 11 is 0. The average molecular weight is 266 g/mol. The van der Waals surface area contributed by atoms with E-state index >= 15 is 0 Å². The third-order valence-electron chi connectivity index (χ3n) is 3.16. The topological polar surface area (TPSA) is 104 Å². The van der Waals surface area contributed by atoms with Crippen LogP contribution in [0.3, 0.4) is 0 Å². The molecule has 1 aromatic carbocycles. The van der Waals surface area contributed by atoms with Gasteiger partial charge in [-0.2, -0.15) is 0 Å². The van der Waals surface area contributed by atoms with Gasteiger partial charge in [-0.15, -0.1) is 0 Å². The highest BCUT2D eigenvalue weighted by Gasteiger charge is 2.24. The molecule has 19 heavy (non-hydrogen) atoms. The summed E-state index contributed by atoms with van der Waals surface area (Å²) in [7, 11) is 0. The Morgan fingerprint density at radius 1 is 1.47 bits per heavy atom. The number of rotatable bonds is 3. The minimum Gasteiger partial charge on any atom is -0.478 e. The lowest BCUT2D eigenvalue weighted by Gasteiger charge is -2.32. The van der Waals surface area contributed by atoms with E-state index in [9.17, 15) is 20.0 Å². The van der Waals surface area contributed by atoms with Crippen LogP contribution in [0.2, 0.25) is 0 Å². The first-order chi connectivity index (χ1) is 8.99. The van der Waals surface area contributed by atoms with Crippen LogP contribution in [0.15, 0.2) is 18.2 Å². The lowest BCUT2D eigenvalue weighted by Crippen LogP contribution is -2.39. The van der Waals surface area contributed by atoms with Gasteiger partial charge < -0.3 is 15.1 Å². The van der Waals surface area contributed by atoms with Crippen LogP contribution >= 0.6 is 0 Å². The molecule has 0 saturated carbocycles. The number of hydrogen-bond donors (Lipinski definition) is 2. The first kappa shape index (κ1) is 13.3. The van der Waals surface area contributed by atoms with Gasteiger partial charge in [-0.25, -0.2) is 4.79 Å². The van der Waals surface area contributed by atoms with E-state index in [1.807, 2.05) is 0 Å². The Labute approximate surface area is 109 Å². The Morgan fingerprint density at radius 3 is 2.79 bits per heavy atom. The molecule has 7 nitrogen and oxygen atoms in total. The zero-order chi connectivity index (χ0) is 14.0. The van der Waals surface area contributed by atoms with E-state index in [0.717, 1.165) is 6.42 Å². The number of anilines is 1. The molecule has 0 amide bonds. The van der Waals surface area contributed by atoms with Crippen molar-refractivity contribution >= 4 is 17.3 Å². The number of nitro groups is 1. The van der Waals surface area contributed by atoms with Gasteiger partial charge in [0.1, 0.15) is 0 Å². The maximum absolute atomic E-state index is 11.2. The molecule has 1 heterocycles. The van der Waals surface area contributed by atoms with Crippen molar-refractivity contribution in [3.63, 3.8) is 0 Å². The molecule has 0 spiro atoms. The molecular weight excluding hydrogens is 252 g/mol. The molecule has 0 aromatic heterocycles. The number of aliphatic hydroxyl groups is 1.